The number of amides is 2. The minimum atomic E-state index is -0.310. The second-order valence-electron chi connectivity index (χ2n) is 4.18. The van der Waals surface area contributed by atoms with E-state index in [0.29, 0.717) is 11.8 Å². The highest BCUT2D eigenvalue weighted by molar-refractivity contribution is 8.14. The molecule has 2 amide bonds. The van der Waals surface area contributed by atoms with Crippen molar-refractivity contribution in [2.75, 3.05) is 25.9 Å². The van der Waals surface area contributed by atoms with Gasteiger partial charge < -0.3 is 15.5 Å². The molecule has 0 radical (unpaired) electrons. The Morgan fingerprint density at radius 2 is 2.50 bits per heavy atom. The largest absolute Gasteiger partial charge is 0.337 e. The van der Waals surface area contributed by atoms with Crippen LogP contribution in [-0.2, 0) is 4.79 Å². The zero-order chi connectivity index (χ0) is 11.5. The molecule has 1 unspecified atom stereocenters. The molecule has 2 aliphatic heterocycles. The predicted octanol–water partition coefficient (Wildman–Crippen LogP) is 0.0218. The molecule has 2 aliphatic rings. The highest BCUT2D eigenvalue weighted by Crippen LogP contribution is 2.21. The highest BCUT2D eigenvalue weighted by Gasteiger charge is 2.36. The van der Waals surface area contributed by atoms with E-state index < -0.39 is 0 Å². The van der Waals surface area contributed by atoms with Crippen molar-refractivity contribution in [3.63, 3.8) is 0 Å². The van der Waals surface area contributed by atoms with Crippen molar-refractivity contribution >= 4 is 22.9 Å². The lowest BCUT2D eigenvalue weighted by Crippen LogP contribution is -2.49. The van der Waals surface area contributed by atoms with Gasteiger partial charge in [0.15, 0.2) is 0 Å². The van der Waals surface area contributed by atoms with Crippen molar-refractivity contribution in [2.45, 2.75) is 24.9 Å². The molecule has 90 valence electrons. The van der Waals surface area contributed by atoms with Crippen molar-refractivity contribution in [1.82, 2.24) is 15.5 Å². The van der Waals surface area contributed by atoms with Crippen LogP contribution < -0.4 is 10.6 Å². The van der Waals surface area contributed by atoms with Gasteiger partial charge in [-0.15, -0.1) is 0 Å². The Morgan fingerprint density at radius 3 is 3.12 bits per heavy atom. The van der Waals surface area contributed by atoms with E-state index >= 15 is 0 Å². The van der Waals surface area contributed by atoms with E-state index in [2.05, 4.69) is 10.6 Å². The summed E-state index contributed by atoms with van der Waals surface area (Å²) in [7, 11) is 1.90. The molecule has 0 spiro atoms. The van der Waals surface area contributed by atoms with Gasteiger partial charge in [0.25, 0.3) is 5.24 Å². The van der Waals surface area contributed by atoms with Crippen molar-refractivity contribution in [1.29, 1.82) is 0 Å². The van der Waals surface area contributed by atoms with E-state index in [4.69, 9.17) is 0 Å². The normalized spacial score (nSPS) is 29.6. The Labute approximate surface area is 99.3 Å². The zero-order valence-corrected chi connectivity index (χ0v) is 10.2. The van der Waals surface area contributed by atoms with Crippen LogP contribution in [0.2, 0.25) is 0 Å². The number of nitrogens with one attached hydrogen (secondary N) is 2. The van der Waals surface area contributed by atoms with Gasteiger partial charge in [0.05, 0.1) is 0 Å². The molecule has 0 aromatic heterocycles. The minimum absolute atomic E-state index is 0.0797. The Balaban J connectivity index is 1.95. The average molecular weight is 243 g/mol. The standard InChI is InChI=1S/C10H17N3O2S/c1-11-5-7-3-2-4-13(7)9(14)8-6-16-10(15)12-8/h7-8,11H,2-6H2,1H3,(H,12,15)/t7?,8-/m0/s1. The molecule has 2 rings (SSSR count). The van der Waals surface area contributed by atoms with Crippen molar-refractivity contribution in [3.8, 4) is 0 Å². The number of thioether (sulfide) groups is 1. The number of rotatable bonds is 3. The molecule has 5 nitrogen and oxygen atoms in total. The van der Waals surface area contributed by atoms with Gasteiger partial charge in [0, 0.05) is 24.9 Å². The third kappa shape index (κ3) is 2.32. The van der Waals surface area contributed by atoms with Crippen LogP contribution in [0, 0.1) is 0 Å². The number of likely N-dealkylation sites (tertiary alicyclic amines) is 1. The van der Waals surface area contributed by atoms with Crippen LogP contribution in [0.5, 0.6) is 0 Å². The van der Waals surface area contributed by atoms with E-state index in [0.717, 1.165) is 25.9 Å². The number of nitrogens with zero attached hydrogens (tertiary/aromatic N) is 1. The fourth-order valence-electron chi connectivity index (χ4n) is 2.29. The molecule has 2 saturated heterocycles. The summed E-state index contributed by atoms with van der Waals surface area (Å²) < 4.78 is 0. The van der Waals surface area contributed by atoms with Gasteiger partial charge in [0.1, 0.15) is 6.04 Å². The Kier molecular flexibility index (Phi) is 3.70. The number of carbonyl (C=O) groups is 2. The van der Waals surface area contributed by atoms with Crippen LogP contribution >= 0.6 is 11.8 Å². The van der Waals surface area contributed by atoms with Gasteiger partial charge in [0.2, 0.25) is 5.91 Å². The molecule has 0 bridgehead atoms. The lowest BCUT2D eigenvalue weighted by atomic mass is 10.2. The Bertz CT molecular complexity index is 298. The summed E-state index contributed by atoms with van der Waals surface area (Å²) in [5.41, 5.74) is 0. The molecule has 0 saturated carbocycles. The SMILES string of the molecule is CNCC1CCCN1C(=O)[C@@H]1CSC(=O)N1. The zero-order valence-electron chi connectivity index (χ0n) is 9.36. The maximum Gasteiger partial charge on any atom is 0.279 e. The first-order valence-corrected chi connectivity index (χ1v) is 6.59. The van der Waals surface area contributed by atoms with Crippen LogP contribution in [0.4, 0.5) is 4.79 Å². The van der Waals surface area contributed by atoms with Gasteiger partial charge in [-0.2, -0.15) is 0 Å². The molecule has 0 aromatic rings. The predicted molar refractivity (Wildman–Crippen MR) is 63.4 cm³/mol. The number of carbonyl (C=O) groups excluding carboxylic acids is 2. The highest BCUT2D eigenvalue weighted by atomic mass is 32.2. The van der Waals surface area contributed by atoms with Gasteiger partial charge in [-0.05, 0) is 19.9 Å². The third-order valence-corrected chi connectivity index (χ3v) is 3.95. The number of hydrogen-bond donors (Lipinski definition) is 2. The van der Waals surface area contributed by atoms with Gasteiger partial charge >= 0.3 is 0 Å². The molecule has 16 heavy (non-hydrogen) atoms. The fraction of sp³-hybridized carbons (Fsp3) is 0.800. The molecule has 6 heteroatoms. The molecule has 2 N–H and O–H groups in total. The summed E-state index contributed by atoms with van der Waals surface area (Å²) in [4.78, 5) is 25.1. The lowest BCUT2D eigenvalue weighted by Gasteiger charge is -2.26. The minimum Gasteiger partial charge on any atom is -0.337 e. The van der Waals surface area contributed by atoms with Crippen molar-refractivity contribution in [2.24, 2.45) is 0 Å². The third-order valence-electron chi connectivity index (χ3n) is 3.07. The number of likely N-dealkylation sites (N-methyl/N-ethyl adjacent to an activating group) is 1. The van der Waals surface area contributed by atoms with Crippen molar-refractivity contribution < 1.29 is 9.59 Å². The summed E-state index contributed by atoms with van der Waals surface area (Å²) in [5.74, 6) is 0.650. The van der Waals surface area contributed by atoms with Crippen molar-refractivity contribution in [3.05, 3.63) is 0 Å². The van der Waals surface area contributed by atoms with Crippen LogP contribution in [0.1, 0.15) is 12.8 Å². The summed E-state index contributed by atoms with van der Waals surface area (Å²) in [6.45, 7) is 1.65. The Hall–Kier alpha value is -0.750. The molecular weight excluding hydrogens is 226 g/mol. The molecule has 0 aromatic carbocycles. The molecule has 2 fully saturated rings. The van der Waals surface area contributed by atoms with E-state index in [1.165, 1.54) is 11.8 Å². The molecule has 2 heterocycles. The van der Waals surface area contributed by atoms with E-state index in [1.54, 1.807) is 0 Å². The monoisotopic (exact) mass is 243 g/mol. The molecule has 2 atom stereocenters. The summed E-state index contributed by atoms with van der Waals surface area (Å²) >= 11 is 1.19. The maximum atomic E-state index is 12.1. The summed E-state index contributed by atoms with van der Waals surface area (Å²) in [6.07, 6.45) is 2.12. The topological polar surface area (TPSA) is 61.4 Å². The lowest BCUT2D eigenvalue weighted by molar-refractivity contribution is -0.133. The quantitative estimate of drug-likeness (QED) is 0.734. The Morgan fingerprint density at radius 1 is 1.69 bits per heavy atom. The fourth-order valence-corrected chi connectivity index (χ4v) is 3.06. The van der Waals surface area contributed by atoms with E-state index in [1.807, 2.05) is 11.9 Å². The van der Waals surface area contributed by atoms with Gasteiger partial charge in [-0.1, -0.05) is 11.8 Å². The van der Waals surface area contributed by atoms with Crippen LogP contribution in [0.3, 0.4) is 0 Å². The van der Waals surface area contributed by atoms with E-state index in [-0.39, 0.29) is 17.2 Å². The first kappa shape index (κ1) is 11.7. The number of hydrogen-bond acceptors (Lipinski definition) is 4. The van der Waals surface area contributed by atoms with Crippen LogP contribution in [0.25, 0.3) is 0 Å². The first-order valence-electron chi connectivity index (χ1n) is 5.60. The van der Waals surface area contributed by atoms with Crippen LogP contribution in [0.15, 0.2) is 0 Å². The summed E-state index contributed by atoms with van der Waals surface area (Å²) in [6, 6.07) is -0.0186. The maximum absolute atomic E-state index is 12.1. The second-order valence-corrected chi connectivity index (χ2v) is 5.17. The molecule has 0 aliphatic carbocycles. The summed E-state index contributed by atoms with van der Waals surface area (Å²) in [5, 5.41) is 5.73. The molecular formula is C10H17N3O2S. The average Bonchev–Trinajstić information content (AvgIpc) is 2.87. The first-order chi connectivity index (χ1) is 7.72. The smallest absolute Gasteiger partial charge is 0.279 e. The second kappa shape index (κ2) is 5.05. The van der Waals surface area contributed by atoms with Crippen LogP contribution in [-0.4, -0.2) is 54.0 Å². The van der Waals surface area contributed by atoms with E-state index in [9.17, 15) is 9.59 Å². The van der Waals surface area contributed by atoms with Gasteiger partial charge in [-0.3, -0.25) is 9.59 Å². The van der Waals surface area contributed by atoms with Gasteiger partial charge in [-0.25, -0.2) is 0 Å².